The third-order valence-corrected chi connectivity index (χ3v) is 2.26. The molecule has 0 saturated carbocycles. The van der Waals surface area contributed by atoms with E-state index < -0.39 is 5.82 Å². The van der Waals surface area contributed by atoms with Gasteiger partial charge in [0.25, 0.3) is 0 Å². The van der Waals surface area contributed by atoms with Gasteiger partial charge in [-0.15, -0.1) is 0 Å². The number of hydrogen-bond acceptors (Lipinski definition) is 3. The predicted octanol–water partition coefficient (Wildman–Crippen LogP) is 2.01. The Kier molecular flexibility index (Phi) is 3.36. The van der Waals surface area contributed by atoms with Crippen LogP contribution < -0.4 is 5.32 Å². The summed E-state index contributed by atoms with van der Waals surface area (Å²) in [7, 11) is 0. The zero-order valence-corrected chi connectivity index (χ0v) is 9.10. The molecule has 1 heterocycles. The van der Waals surface area contributed by atoms with Crippen molar-refractivity contribution in [2.75, 3.05) is 11.9 Å². The number of anilines is 1. The molecule has 4 nitrogen and oxygen atoms in total. The van der Waals surface area contributed by atoms with Crippen LogP contribution in [0.15, 0.2) is 36.7 Å². The van der Waals surface area contributed by atoms with E-state index in [9.17, 15) is 4.39 Å². The highest BCUT2D eigenvalue weighted by molar-refractivity contribution is 5.49. The Balaban J connectivity index is 1.95. The number of benzene rings is 1. The van der Waals surface area contributed by atoms with Crippen molar-refractivity contribution >= 4 is 5.69 Å². The highest BCUT2D eigenvalue weighted by Gasteiger charge is 2.00. The third kappa shape index (κ3) is 3.05. The van der Waals surface area contributed by atoms with Gasteiger partial charge in [-0.1, -0.05) is 0 Å². The monoisotopic (exact) mass is 230 g/mol. The van der Waals surface area contributed by atoms with Gasteiger partial charge in [-0.3, -0.25) is 4.68 Å². The molecule has 0 aliphatic carbocycles. The van der Waals surface area contributed by atoms with E-state index in [1.807, 2.05) is 18.3 Å². The van der Waals surface area contributed by atoms with E-state index in [0.29, 0.717) is 24.3 Å². The lowest BCUT2D eigenvalue weighted by molar-refractivity contribution is 0.625. The molecule has 1 aromatic carbocycles. The number of nitrogens with zero attached hydrogens (tertiary/aromatic N) is 3. The summed E-state index contributed by atoms with van der Waals surface area (Å²) in [5.41, 5.74) is 0.917. The summed E-state index contributed by atoms with van der Waals surface area (Å²) < 4.78 is 14.9. The molecule has 0 bridgehead atoms. The highest BCUT2D eigenvalue weighted by atomic mass is 19.1. The Morgan fingerprint density at radius 3 is 3.00 bits per heavy atom. The Morgan fingerprint density at radius 1 is 1.41 bits per heavy atom. The first kappa shape index (κ1) is 11.1. The Bertz CT molecular complexity index is 528. The van der Waals surface area contributed by atoms with Crippen molar-refractivity contribution in [3.8, 4) is 6.07 Å². The summed E-state index contributed by atoms with van der Waals surface area (Å²) in [6.07, 6.45) is 3.56. The molecule has 0 radical (unpaired) electrons. The smallest absolute Gasteiger partial charge is 0.126 e. The number of halogens is 1. The lowest BCUT2D eigenvalue weighted by Crippen LogP contribution is -2.10. The van der Waals surface area contributed by atoms with Crippen LogP contribution in [0, 0.1) is 17.1 Å². The largest absolute Gasteiger partial charge is 0.383 e. The lowest BCUT2D eigenvalue weighted by atomic mass is 10.2. The van der Waals surface area contributed by atoms with Crippen molar-refractivity contribution in [2.24, 2.45) is 0 Å². The van der Waals surface area contributed by atoms with Crippen molar-refractivity contribution in [2.45, 2.75) is 6.54 Å². The van der Waals surface area contributed by atoms with Crippen LogP contribution in [-0.2, 0) is 6.54 Å². The molecule has 1 N–H and O–H groups in total. The van der Waals surface area contributed by atoms with Crippen molar-refractivity contribution in [3.05, 3.63) is 48.0 Å². The van der Waals surface area contributed by atoms with Crippen LogP contribution >= 0.6 is 0 Å². The molecule has 1 aromatic heterocycles. The van der Waals surface area contributed by atoms with Gasteiger partial charge in [0.2, 0.25) is 0 Å². The van der Waals surface area contributed by atoms with Gasteiger partial charge in [0.1, 0.15) is 5.82 Å². The molecule has 86 valence electrons. The zero-order chi connectivity index (χ0) is 12.1. The minimum absolute atomic E-state index is 0.312. The molecule has 0 atom stereocenters. The molecule has 2 rings (SSSR count). The van der Waals surface area contributed by atoms with Crippen molar-refractivity contribution in [1.82, 2.24) is 9.78 Å². The van der Waals surface area contributed by atoms with Gasteiger partial charge < -0.3 is 5.32 Å². The van der Waals surface area contributed by atoms with Gasteiger partial charge in [0.05, 0.1) is 18.2 Å². The third-order valence-electron chi connectivity index (χ3n) is 2.26. The van der Waals surface area contributed by atoms with E-state index in [2.05, 4.69) is 10.4 Å². The number of rotatable bonds is 4. The maximum absolute atomic E-state index is 13.1. The van der Waals surface area contributed by atoms with Crippen LogP contribution in [0.2, 0.25) is 0 Å². The summed E-state index contributed by atoms with van der Waals surface area (Å²) in [5, 5.41) is 15.8. The topological polar surface area (TPSA) is 53.6 Å². The first-order valence-electron chi connectivity index (χ1n) is 5.20. The summed E-state index contributed by atoms with van der Waals surface area (Å²) in [5.74, 6) is -0.411. The quantitative estimate of drug-likeness (QED) is 0.874. The number of nitriles is 1. The number of nitrogens with one attached hydrogen (secondary N) is 1. The van der Waals surface area contributed by atoms with Crippen LogP contribution in [0.1, 0.15) is 5.56 Å². The van der Waals surface area contributed by atoms with Crippen molar-refractivity contribution in [1.29, 1.82) is 5.26 Å². The molecule has 5 heteroatoms. The summed E-state index contributed by atoms with van der Waals surface area (Å²) in [6.45, 7) is 1.31. The first-order chi connectivity index (χ1) is 8.28. The average Bonchev–Trinajstić information content (AvgIpc) is 2.81. The van der Waals surface area contributed by atoms with Gasteiger partial charge in [-0.05, 0) is 24.3 Å². The van der Waals surface area contributed by atoms with Crippen LogP contribution in [0.5, 0.6) is 0 Å². The van der Waals surface area contributed by atoms with Gasteiger partial charge in [-0.2, -0.15) is 10.4 Å². The van der Waals surface area contributed by atoms with E-state index in [4.69, 9.17) is 5.26 Å². The van der Waals surface area contributed by atoms with Crippen molar-refractivity contribution < 1.29 is 4.39 Å². The molecule has 0 fully saturated rings. The van der Waals surface area contributed by atoms with Crippen LogP contribution in [-0.4, -0.2) is 16.3 Å². The average molecular weight is 230 g/mol. The van der Waals surface area contributed by atoms with E-state index in [-0.39, 0.29) is 0 Å². The van der Waals surface area contributed by atoms with E-state index >= 15 is 0 Å². The molecule has 0 amide bonds. The molecule has 17 heavy (non-hydrogen) atoms. The van der Waals surface area contributed by atoms with Crippen LogP contribution in [0.4, 0.5) is 10.1 Å². The normalized spacial score (nSPS) is 9.88. The lowest BCUT2D eigenvalue weighted by Gasteiger charge is -2.07. The van der Waals surface area contributed by atoms with Crippen molar-refractivity contribution in [3.63, 3.8) is 0 Å². The Labute approximate surface area is 98.3 Å². The fourth-order valence-corrected chi connectivity index (χ4v) is 1.50. The molecular formula is C12H11FN4. The maximum atomic E-state index is 13.1. The fraction of sp³-hybridized carbons (Fsp3) is 0.167. The van der Waals surface area contributed by atoms with E-state index in [1.54, 1.807) is 16.9 Å². The van der Waals surface area contributed by atoms with Crippen LogP contribution in [0.3, 0.4) is 0 Å². The Hall–Kier alpha value is -2.35. The second-order valence-electron chi connectivity index (χ2n) is 3.54. The fourth-order valence-electron chi connectivity index (χ4n) is 1.50. The molecule has 2 aromatic rings. The van der Waals surface area contributed by atoms with Gasteiger partial charge in [0.15, 0.2) is 0 Å². The molecule has 0 saturated heterocycles. The number of hydrogen-bond donors (Lipinski definition) is 1. The summed E-state index contributed by atoms with van der Waals surface area (Å²) in [6, 6.07) is 7.95. The minimum atomic E-state index is -0.411. The van der Waals surface area contributed by atoms with Gasteiger partial charge in [0, 0.05) is 24.6 Å². The number of aromatic nitrogens is 2. The first-order valence-corrected chi connectivity index (χ1v) is 5.20. The molecule has 0 aliphatic heterocycles. The van der Waals surface area contributed by atoms with E-state index in [0.717, 1.165) is 0 Å². The predicted molar refractivity (Wildman–Crippen MR) is 61.8 cm³/mol. The molecular weight excluding hydrogens is 219 g/mol. The SMILES string of the molecule is N#Cc1cc(F)cc(NCCn2cccn2)c1. The maximum Gasteiger partial charge on any atom is 0.126 e. The van der Waals surface area contributed by atoms with Gasteiger partial charge >= 0.3 is 0 Å². The molecule has 0 spiro atoms. The summed E-state index contributed by atoms with van der Waals surface area (Å²) in [4.78, 5) is 0. The highest BCUT2D eigenvalue weighted by Crippen LogP contribution is 2.13. The van der Waals surface area contributed by atoms with Crippen LogP contribution in [0.25, 0.3) is 0 Å². The molecule has 0 aliphatic rings. The minimum Gasteiger partial charge on any atom is -0.383 e. The Morgan fingerprint density at radius 2 is 2.29 bits per heavy atom. The zero-order valence-electron chi connectivity index (χ0n) is 9.10. The second kappa shape index (κ2) is 5.12. The standard InChI is InChI=1S/C12H11FN4/c13-11-6-10(9-14)7-12(8-11)15-3-5-17-4-1-2-16-17/h1-2,4,6-8,15H,3,5H2. The van der Waals surface area contributed by atoms with E-state index in [1.165, 1.54) is 12.1 Å². The molecule has 0 unspecified atom stereocenters. The van der Waals surface area contributed by atoms with Gasteiger partial charge in [-0.25, -0.2) is 4.39 Å². The second-order valence-corrected chi connectivity index (χ2v) is 3.54. The summed E-state index contributed by atoms with van der Waals surface area (Å²) >= 11 is 0.